The third-order valence-corrected chi connectivity index (χ3v) is 4.35. The number of esters is 1. The molecular formula is C22H18ClNO4. The van der Waals surface area contributed by atoms with E-state index >= 15 is 0 Å². The largest absolute Gasteiger partial charge is 0.457 e. The van der Waals surface area contributed by atoms with Crippen LogP contribution < -0.4 is 10.1 Å². The van der Waals surface area contributed by atoms with Gasteiger partial charge in [0.15, 0.2) is 6.61 Å². The Morgan fingerprint density at radius 3 is 2.29 bits per heavy atom. The standard InChI is InChI=1S/C22H18ClNO4/c1-15-19(23)8-5-9-20(15)24-21(25)14-27-22(26)16-10-12-18(13-11-16)28-17-6-3-2-4-7-17/h2-13H,14H2,1H3,(H,24,25). The zero-order chi connectivity index (χ0) is 19.9. The predicted octanol–water partition coefficient (Wildman–Crippen LogP) is 5.24. The maximum absolute atomic E-state index is 12.1. The predicted molar refractivity (Wildman–Crippen MR) is 108 cm³/mol. The summed E-state index contributed by atoms with van der Waals surface area (Å²) in [6.07, 6.45) is 0. The molecule has 0 heterocycles. The van der Waals surface area contributed by atoms with Crippen molar-refractivity contribution >= 4 is 29.2 Å². The minimum atomic E-state index is -0.593. The fraction of sp³-hybridized carbons (Fsp3) is 0.0909. The summed E-state index contributed by atoms with van der Waals surface area (Å²) in [5.74, 6) is 0.259. The molecule has 6 heteroatoms. The van der Waals surface area contributed by atoms with Crippen molar-refractivity contribution in [2.45, 2.75) is 6.92 Å². The van der Waals surface area contributed by atoms with E-state index in [1.807, 2.05) is 30.3 Å². The molecule has 142 valence electrons. The lowest BCUT2D eigenvalue weighted by Crippen LogP contribution is -2.21. The van der Waals surface area contributed by atoms with Crippen LogP contribution in [0.25, 0.3) is 0 Å². The quantitative estimate of drug-likeness (QED) is 0.580. The molecule has 1 N–H and O–H groups in total. The number of nitrogens with one attached hydrogen (secondary N) is 1. The second-order valence-electron chi connectivity index (χ2n) is 5.98. The topological polar surface area (TPSA) is 64.6 Å². The first-order valence-corrected chi connectivity index (χ1v) is 8.96. The van der Waals surface area contributed by atoms with Crippen LogP contribution in [0.1, 0.15) is 15.9 Å². The van der Waals surface area contributed by atoms with Crippen LogP contribution in [0.4, 0.5) is 5.69 Å². The van der Waals surface area contributed by atoms with Crippen molar-refractivity contribution in [2.24, 2.45) is 0 Å². The highest BCUT2D eigenvalue weighted by molar-refractivity contribution is 6.31. The van der Waals surface area contributed by atoms with Crippen molar-refractivity contribution in [3.8, 4) is 11.5 Å². The third-order valence-electron chi connectivity index (χ3n) is 3.95. The van der Waals surface area contributed by atoms with Gasteiger partial charge in [0.25, 0.3) is 5.91 Å². The molecule has 3 aromatic carbocycles. The first-order chi connectivity index (χ1) is 13.5. The van der Waals surface area contributed by atoms with Crippen LogP contribution in [0.3, 0.4) is 0 Å². The molecule has 3 rings (SSSR count). The van der Waals surface area contributed by atoms with Gasteiger partial charge in [0, 0.05) is 10.7 Å². The number of hydrogen-bond donors (Lipinski definition) is 1. The van der Waals surface area contributed by atoms with Crippen LogP contribution in [0, 0.1) is 6.92 Å². The molecule has 0 spiro atoms. The van der Waals surface area contributed by atoms with Crippen molar-refractivity contribution < 1.29 is 19.1 Å². The fourth-order valence-electron chi connectivity index (χ4n) is 2.43. The second kappa shape index (κ2) is 9.06. The molecule has 0 atom stereocenters. The Morgan fingerprint density at radius 1 is 0.893 bits per heavy atom. The average Bonchev–Trinajstić information content (AvgIpc) is 2.71. The lowest BCUT2D eigenvalue weighted by Gasteiger charge is -2.10. The molecule has 1 amide bonds. The van der Waals surface area contributed by atoms with Gasteiger partial charge in [-0.2, -0.15) is 0 Å². The van der Waals surface area contributed by atoms with Crippen molar-refractivity contribution in [1.29, 1.82) is 0 Å². The summed E-state index contributed by atoms with van der Waals surface area (Å²) in [4.78, 5) is 24.1. The second-order valence-corrected chi connectivity index (χ2v) is 6.38. The molecule has 0 unspecified atom stereocenters. The van der Waals surface area contributed by atoms with Gasteiger partial charge in [-0.1, -0.05) is 35.9 Å². The Bertz CT molecular complexity index is 972. The number of para-hydroxylation sites is 1. The monoisotopic (exact) mass is 395 g/mol. The van der Waals surface area contributed by atoms with E-state index in [2.05, 4.69) is 5.32 Å². The average molecular weight is 396 g/mol. The number of hydrogen-bond acceptors (Lipinski definition) is 4. The molecule has 0 aliphatic heterocycles. The number of carbonyl (C=O) groups is 2. The van der Waals surface area contributed by atoms with Crippen LogP contribution in [0.2, 0.25) is 5.02 Å². The normalized spacial score (nSPS) is 10.2. The number of ether oxygens (including phenoxy) is 2. The summed E-state index contributed by atoms with van der Waals surface area (Å²) in [5.41, 5.74) is 1.65. The lowest BCUT2D eigenvalue weighted by molar-refractivity contribution is -0.119. The van der Waals surface area contributed by atoms with Crippen LogP contribution in [0.15, 0.2) is 72.8 Å². The van der Waals surface area contributed by atoms with Crippen molar-refractivity contribution in [1.82, 2.24) is 0 Å². The molecule has 0 saturated heterocycles. The maximum Gasteiger partial charge on any atom is 0.338 e. The first kappa shape index (κ1) is 19.5. The zero-order valence-electron chi connectivity index (χ0n) is 15.1. The number of carbonyl (C=O) groups excluding carboxylic acids is 2. The van der Waals surface area contributed by atoms with Gasteiger partial charge < -0.3 is 14.8 Å². The zero-order valence-corrected chi connectivity index (χ0v) is 15.9. The van der Waals surface area contributed by atoms with Gasteiger partial charge in [0.05, 0.1) is 5.56 Å². The van der Waals surface area contributed by atoms with Gasteiger partial charge in [-0.15, -0.1) is 0 Å². The summed E-state index contributed by atoms with van der Waals surface area (Å²) < 4.78 is 10.7. The van der Waals surface area contributed by atoms with Crippen molar-refractivity contribution in [3.05, 3.63) is 88.9 Å². The molecular weight excluding hydrogens is 378 g/mol. The first-order valence-electron chi connectivity index (χ1n) is 8.58. The van der Waals surface area contributed by atoms with E-state index in [1.54, 1.807) is 49.4 Å². The Morgan fingerprint density at radius 2 is 1.57 bits per heavy atom. The van der Waals surface area contributed by atoms with E-state index in [4.69, 9.17) is 21.1 Å². The van der Waals surface area contributed by atoms with Crippen molar-refractivity contribution in [2.75, 3.05) is 11.9 Å². The highest BCUT2D eigenvalue weighted by Gasteiger charge is 2.12. The Hall–Kier alpha value is -3.31. The van der Waals surface area contributed by atoms with Gasteiger partial charge in [0.1, 0.15) is 11.5 Å². The highest BCUT2D eigenvalue weighted by Crippen LogP contribution is 2.23. The van der Waals surface area contributed by atoms with Gasteiger partial charge in [-0.05, 0) is 61.0 Å². The summed E-state index contributed by atoms with van der Waals surface area (Å²) in [6, 6.07) is 21.0. The molecule has 0 aromatic heterocycles. The summed E-state index contributed by atoms with van der Waals surface area (Å²) in [6.45, 7) is 1.40. The number of halogens is 1. The van der Waals surface area contributed by atoms with E-state index in [9.17, 15) is 9.59 Å². The summed E-state index contributed by atoms with van der Waals surface area (Å²) in [5, 5.41) is 3.22. The molecule has 28 heavy (non-hydrogen) atoms. The molecule has 5 nitrogen and oxygen atoms in total. The van der Waals surface area contributed by atoms with E-state index < -0.39 is 18.5 Å². The Balaban J connectivity index is 1.53. The van der Waals surface area contributed by atoms with Gasteiger partial charge in [-0.3, -0.25) is 4.79 Å². The van der Waals surface area contributed by atoms with E-state index in [-0.39, 0.29) is 0 Å². The molecule has 0 fully saturated rings. The minimum absolute atomic E-state index is 0.326. The van der Waals surface area contributed by atoms with Crippen LogP contribution in [-0.4, -0.2) is 18.5 Å². The van der Waals surface area contributed by atoms with Crippen molar-refractivity contribution in [3.63, 3.8) is 0 Å². The Kier molecular flexibility index (Phi) is 6.29. The SMILES string of the molecule is Cc1c(Cl)cccc1NC(=O)COC(=O)c1ccc(Oc2ccccc2)cc1. The van der Waals surface area contributed by atoms with Crippen LogP contribution >= 0.6 is 11.6 Å². The molecule has 0 bridgehead atoms. The Labute approximate surface area is 167 Å². The smallest absolute Gasteiger partial charge is 0.338 e. The lowest BCUT2D eigenvalue weighted by atomic mass is 10.2. The molecule has 0 aliphatic carbocycles. The summed E-state index contributed by atoms with van der Waals surface area (Å²) in [7, 11) is 0. The number of amides is 1. The van der Waals surface area contributed by atoms with Gasteiger partial charge in [0.2, 0.25) is 0 Å². The summed E-state index contributed by atoms with van der Waals surface area (Å²) >= 11 is 6.02. The fourth-order valence-corrected chi connectivity index (χ4v) is 2.60. The van der Waals surface area contributed by atoms with Crippen LogP contribution in [-0.2, 0) is 9.53 Å². The van der Waals surface area contributed by atoms with E-state index in [1.165, 1.54) is 0 Å². The van der Waals surface area contributed by atoms with Gasteiger partial charge in [-0.25, -0.2) is 4.79 Å². The third kappa shape index (κ3) is 5.11. The number of rotatable bonds is 6. The maximum atomic E-state index is 12.1. The number of anilines is 1. The number of benzene rings is 3. The van der Waals surface area contributed by atoms with Crippen LogP contribution in [0.5, 0.6) is 11.5 Å². The molecule has 0 saturated carbocycles. The molecule has 0 radical (unpaired) electrons. The van der Waals surface area contributed by atoms with E-state index in [0.29, 0.717) is 27.8 Å². The highest BCUT2D eigenvalue weighted by atomic mass is 35.5. The molecule has 3 aromatic rings. The van der Waals surface area contributed by atoms with Gasteiger partial charge >= 0.3 is 5.97 Å². The minimum Gasteiger partial charge on any atom is -0.457 e. The van der Waals surface area contributed by atoms with E-state index in [0.717, 1.165) is 5.56 Å². The molecule has 0 aliphatic rings.